The summed E-state index contributed by atoms with van der Waals surface area (Å²) in [5, 5.41) is 8.10. The number of nitrogens with one attached hydrogen (secondary N) is 1. The number of halogens is 2. The zero-order valence-electron chi connectivity index (χ0n) is 13.2. The number of nitrogens with zero attached hydrogens (tertiary/aromatic N) is 2. The van der Waals surface area contributed by atoms with Crippen LogP contribution in [-0.4, -0.2) is 21.1 Å². The molecule has 1 amide bonds. The molecule has 0 atom stereocenters. The van der Waals surface area contributed by atoms with Crippen molar-refractivity contribution >= 4 is 29.1 Å². The van der Waals surface area contributed by atoms with Crippen LogP contribution in [0, 0.1) is 6.42 Å². The zero-order chi connectivity index (χ0) is 17.8. The quantitative estimate of drug-likeness (QED) is 0.682. The summed E-state index contributed by atoms with van der Waals surface area (Å²) in [6.07, 6.45) is 3.28. The molecule has 3 aromatic rings. The minimum absolute atomic E-state index is 0.421. The minimum atomic E-state index is -0.421. The first-order valence-electron chi connectivity index (χ1n) is 7.63. The van der Waals surface area contributed by atoms with Gasteiger partial charge in [-0.15, -0.1) is 0 Å². The van der Waals surface area contributed by atoms with Gasteiger partial charge in [-0.3, -0.25) is 9.89 Å². The number of rotatable bonds is 6. The van der Waals surface area contributed by atoms with Gasteiger partial charge < -0.3 is 5.73 Å². The van der Waals surface area contributed by atoms with Crippen LogP contribution < -0.4 is 5.73 Å². The third-order valence-corrected chi connectivity index (χ3v) is 4.26. The van der Waals surface area contributed by atoms with Gasteiger partial charge in [-0.05, 0) is 42.7 Å². The van der Waals surface area contributed by atoms with E-state index in [0.717, 1.165) is 5.56 Å². The lowest BCUT2D eigenvalue weighted by atomic mass is 10.0. The van der Waals surface area contributed by atoms with Crippen molar-refractivity contribution in [2.45, 2.75) is 12.8 Å². The van der Waals surface area contributed by atoms with Crippen LogP contribution in [0.4, 0.5) is 0 Å². The Balaban J connectivity index is 1.66. The third-order valence-electron chi connectivity index (χ3n) is 3.71. The van der Waals surface area contributed by atoms with E-state index in [1.807, 2.05) is 18.6 Å². The number of primary amides is 1. The molecule has 25 heavy (non-hydrogen) atoms. The van der Waals surface area contributed by atoms with Crippen LogP contribution >= 0.6 is 23.2 Å². The predicted octanol–water partition coefficient (Wildman–Crippen LogP) is 4.06. The molecule has 0 aliphatic carbocycles. The molecule has 5 nitrogen and oxygen atoms in total. The van der Waals surface area contributed by atoms with Crippen LogP contribution in [-0.2, 0) is 6.42 Å². The van der Waals surface area contributed by atoms with Crippen molar-refractivity contribution in [3.05, 3.63) is 75.9 Å². The van der Waals surface area contributed by atoms with Gasteiger partial charge in [-0.25, -0.2) is 4.98 Å². The van der Waals surface area contributed by atoms with E-state index in [1.165, 1.54) is 0 Å². The molecule has 0 saturated heterocycles. The first-order valence-corrected chi connectivity index (χ1v) is 8.39. The van der Waals surface area contributed by atoms with Crippen molar-refractivity contribution in [2.75, 3.05) is 0 Å². The van der Waals surface area contributed by atoms with Crippen LogP contribution in [0.25, 0.3) is 11.4 Å². The highest BCUT2D eigenvalue weighted by molar-refractivity contribution is 6.36. The summed E-state index contributed by atoms with van der Waals surface area (Å²) in [5.41, 5.74) is 7.55. The number of aromatic nitrogens is 3. The molecule has 1 radical (unpaired) electrons. The Labute approximate surface area is 155 Å². The van der Waals surface area contributed by atoms with Crippen molar-refractivity contribution in [1.29, 1.82) is 0 Å². The summed E-state index contributed by atoms with van der Waals surface area (Å²) < 4.78 is 0. The van der Waals surface area contributed by atoms with E-state index in [0.29, 0.717) is 45.7 Å². The number of carbonyl (C=O) groups excluding carboxylic acids is 1. The van der Waals surface area contributed by atoms with Crippen LogP contribution in [0.2, 0.25) is 10.0 Å². The number of benzene rings is 2. The number of hydrogen-bond acceptors (Lipinski definition) is 3. The Morgan fingerprint density at radius 3 is 2.76 bits per heavy atom. The summed E-state index contributed by atoms with van der Waals surface area (Å²) in [6, 6.07) is 12.5. The number of H-pyrrole nitrogens is 1. The predicted molar refractivity (Wildman–Crippen MR) is 98.5 cm³/mol. The lowest BCUT2D eigenvalue weighted by molar-refractivity contribution is 0.0999. The Bertz CT molecular complexity index is 908. The standard InChI is InChI=1S/C18H15Cl2N4O/c19-12-8-9-14(15(20)10-12)18-22-16(23-24-18)7-3-5-11-4-1-2-6-13(11)17(21)25/h1-2,4,6-10H,3,5H2,(H2,21,25)(H,22,23,24). The minimum Gasteiger partial charge on any atom is -0.366 e. The molecule has 0 fully saturated rings. The maximum atomic E-state index is 11.4. The number of carbonyl (C=O) groups is 1. The van der Waals surface area contributed by atoms with Gasteiger partial charge >= 0.3 is 0 Å². The van der Waals surface area contributed by atoms with Gasteiger partial charge in [0.15, 0.2) is 5.82 Å². The molecule has 0 aliphatic heterocycles. The van der Waals surface area contributed by atoms with Gasteiger partial charge in [-0.1, -0.05) is 41.4 Å². The van der Waals surface area contributed by atoms with Crippen molar-refractivity contribution in [1.82, 2.24) is 15.2 Å². The Morgan fingerprint density at radius 2 is 2.00 bits per heavy atom. The molecular weight excluding hydrogens is 359 g/mol. The molecule has 1 aromatic heterocycles. The second-order valence-corrected chi connectivity index (χ2v) is 6.28. The van der Waals surface area contributed by atoms with Crippen molar-refractivity contribution < 1.29 is 4.79 Å². The first kappa shape index (κ1) is 17.5. The fourth-order valence-corrected chi connectivity index (χ4v) is 2.99. The maximum Gasteiger partial charge on any atom is 0.248 e. The summed E-state index contributed by atoms with van der Waals surface area (Å²) >= 11 is 12.1. The van der Waals surface area contributed by atoms with Crippen molar-refractivity contribution in [3.8, 4) is 11.4 Å². The smallest absolute Gasteiger partial charge is 0.248 e. The molecule has 3 N–H and O–H groups in total. The van der Waals surface area contributed by atoms with E-state index >= 15 is 0 Å². The van der Waals surface area contributed by atoms with Gasteiger partial charge in [0.25, 0.3) is 0 Å². The molecule has 0 bridgehead atoms. The largest absolute Gasteiger partial charge is 0.366 e. The Kier molecular flexibility index (Phi) is 5.36. The second-order valence-electron chi connectivity index (χ2n) is 5.43. The zero-order valence-corrected chi connectivity index (χ0v) is 14.7. The molecule has 7 heteroatoms. The van der Waals surface area contributed by atoms with Crippen molar-refractivity contribution in [3.63, 3.8) is 0 Å². The average Bonchev–Trinajstić information content (AvgIpc) is 3.03. The molecule has 0 unspecified atom stereocenters. The van der Waals surface area contributed by atoms with Gasteiger partial charge in [0, 0.05) is 22.6 Å². The van der Waals surface area contributed by atoms with Crippen LogP contribution in [0.5, 0.6) is 0 Å². The topological polar surface area (TPSA) is 84.7 Å². The van der Waals surface area contributed by atoms with Gasteiger partial charge in [0.2, 0.25) is 5.91 Å². The highest BCUT2D eigenvalue weighted by Gasteiger charge is 2.11. The maximum absolute atomic E-state index is 11.4. The van der Waals surface area contributed by atoms with E-state index in [4.69, 9.17) is 28.9 Å². The molecule has 2 aromatic carbocycles. The number of nitrogens with two attached hydrogens (primary N) is 1. The van der Waals surface area contributed by atoms with Gasteiger partial charge in [-0.2, -0.15) is 5.10 Å². The van der Waals surface area contributed by atoms with E-state index < -0.39 is 5.91 Å². The van der Waals surface area contributed by atoms with E-state index in [9.17, 15) is 4.79 Å². The van der Waals surface area contributed by atoms with E-state index in [-0.39, 0.29) is 0 Å². The third kappa shape index (κ3) is 4.18. The monoisotopic (exact) mass is 373 g/mol. The SMILES string of the molecule is NC(=O)c1ccccc1CC[CH]c1nc(-c2ccc(Cl)cc2Cl)n[nH]1. The van der Waals surface area contributed by atoms with Crippen molar-refractivity contribution in [2.24, 2.45) is 5.73 Å². The highest BCUT2D eigenvalue weighted by atomic mass is 35.5. The molecule has 0 spiro atoms. The number of amides is 1. The Hall–Kier alpha value is -2.37. The fourth-order valence-electron chi connectivity index (χ4n) is 2.50. The lowest BCUT2D eigenvalue weighted by Crippen LogP contribution is -2.13. The molecule has 0 saturated carbocycles. The number of hydrogen-bond donors (Lipinski definition) is 2. The fraction of sp³-hybridized carbons (Fsp3) is 0.111. The molecular formula is C18H15Cl2N4O. The second kappa shape index (κ2) is 7.68. The first-order chi connectivity index (χ1) is 12.0. The van der Waals surface area contributed by atoms with Crippen LogP contribution in [0.3, 0.4) is 0 Å². The number of aryl methyl sites for hydroxylation is 1. The summed E-state index contributed by atoms with van der Waals surface area (Å²) in [4.78, 5) is 15.9. The summed E-state index contributed by atoms with van der Waals surface area (Å²) in [7, 11) is 0. The summed E-state index contributed by atoms with van der Waals surface area (Å²) in [5.74, 6) is 0.720. The van der Waals surface area contributed by atoms with E-state index in [1.54, 1.807) is 30.3 Å². The molecule has 0 aliphatic rings. The Morgan fingerprint density at radius 1 is 1.20 bits per heavy atom. The molecule has 127 valence electrons. The van der Waals surface area contributed by atoms with Crippen LogP contribution in [0.1, 0.15) is 28.2 Å². The normalized spacial score (nSPS) is 10.8. The lowest BCUT2D eigenvalue weighted by Gasteiger charge is -2.05. The van der Waals surface area contributed by atoms with Crippen LogP contribution in [0.15, 0.2) is 42.5 Å². The highest BCUT2D eigenvalue weighted by Crippen LogP contribution is 2.28. The average molecular weight is 374 g/mol. The number of aromatic amines is 1. The summed E-state index contributed by atoms with van der Waals surface area (Å²) in [6.45, 7) is 0. The van der Waals surface area contributed by atoms with Gasteiger partial charge in [0.1, 0.15) is 5.82 Å². The molecule has 1 heterocycles. The molecule has 3 rings (SSSR count). The van der Waals surface area contributed by atoms with E-state index in [2.05, 4.69) is 15.2 Å². The van der Waals surface area contributed by atoms with Gasteiger partial charge in [0.05, 0.1) is 5.02 Å².